The van der Waals surface area contributed by atoms with Crippen LogP contribution in [-0.2, 0) is 11.3 Å². The summed E-state index contributed by atoms with van der Waals surface area (Å²) in [5, 5.41) is 2.85. The van der Waals surface area contributed by atoms with Crippen molar-refractivity contribution in [3.05, 3.63) is 71.8 Å². The molecule has 8 nitrogen and oxygen atoms in total. The van der Waals surface area contributed by atoms with Gasteiger partial charge in [-0.2, -0.15) is 0 Å². The summed E-state index contributed by atoms with van der Waals surface area (Å²) in [6, 6.07) is 18.1. The van der Waals surface area contributed by atoms with Crippen molar-refractivity contribution in [1.29, 1.82) is 0 Å². The van der Waals surface area contributed by atoms with Gasteiger partial charge in [0.05, 0.1) is 33.6 Å². The molecule has 0 aromatic heterocycles. The van der Waals surface area contributed by atoms with Crippen molar-refractivity contribution in [3.63, 3.8) is 0 Å². The fourth-order valence-electron chi connectivity index (χ4n) is 3.64. The van der Waals surface area contributed by atoms with E-state index < -0.39 is 0 Å². The molecule has 0 atom stereocenters. The second-order valence-corrected chi connectivity index (χ2v) is 7.30. The van der Waals surface area contributed by atoms with Crippen molar-refractivity contribution < 1.29 is 28.5 Å². The van der Waals surface area contributed by atoms with Crippen LogP contribution in [0.25, 0.3) is 0 Å². The molecule has 170 valence electrons. The molecule has 8 heteroatoms. The van der Waals surface area contributed by atoms with Gasteiger partial charge in [0.1, 0.15) is 5.75 Å². The highest BCUT2D eigenvalue weighted by atomic mass is 16.5. The molecule has 1 aliphatic heterocycles. The lowest BCUT2D eigenvalue weighted by Crippen LogP contribution is -2.38. The van der Waals surface area contributed by atoms with Gasteiger partial charge in [-0.25, -0.2) is 0 Å². The molecule has 33 heavy (non-hydrogen) atoms. The van der Waals surface area contributed by atoms with Crippen LogP contribution in [-0.4, -0.2) is 39.8 Å². The summed E-state index contributed by atoms with van der Waals surface area (Å²) in [6.45, 7) is 0.372. The van der Waals surface area contributed by atoms with E-state index in [1.807, 2.05) is 30.3 Å². The number of nitrogens with zero attached hydrogens (tertiary/aromatic N) is 1. The molecule has 0 aliphatic carbocycles. The van der Waals surface area contributed by atoms with Crippen molar-refractivity contribution in [2.75, 3.05) is 38.2 Å². The molecular formula is C25H24N2O6. The van der Waals surface area contributed by atoms with Gasteiger partial charge in [0, 0.05) is 17.3 Å². The SMILES string of the molecule is COc1cc(C(=O)Nc2ccc3c(c2)OCC(=O)N3Cc2ccccc2)cc(OC)c1OC. The number of anilines is 2. The maximum Gasteiger partial charge on any atom is 0.265 e. The van der Waals surface area contributed by atoms with Crippen molar-refractivity contribution in [3.8, 4) is 23.0 Å². The topological polar surface area (TPSA) is 86.3 Å². The third kappa shape index (κ3) is 4.55. The molecule has 0 fully saturated rings. The van der Waals surface area contributed by atoms with E-state index in [-0.39, 0.29) is 18.4 Å². The zero-order chi connectivity index (χ0) is 23.4. The number of amides is 2. The number of hydrogen-bond acceptors (Lipinski definition) is 6. The third-order valence-electron chi connectivity index (χ3n) is 5.27. The maximum absolute atomic E-state index is 12.9. The van der Waals surface area contributed by atoms with Crippen LogP contribution in [0.5, 0.6) is 23.0 Å². The van der Waals surface area contributed by atoms with Crippen LogP contribution in [0.4, 0.5) is 11.4 Å². The second kappa shape index (κ2) is 9.52. The van der Waals surface area contributed by atoms with Gasteiger partial charge in [0.15, 0.2) is 18.1 Å². The molecule has 3 aromatic rings. The number of carbonyl (C=O) groups excluding carboxylic acids is 2. The Bertz CT molecular complexity index is 1150. The monoisotopic (exact) mass is 448 g/mol. The molecule has 0 saturated carbocycles. The van der Waals surface area contributed by atoms with Crippen LogP contribution in [0.15, 0.2) is 60.7 Å². The lowest BCUT2D eigenvalue weighted by molar-refractivity contribution is -0.121. The summed E-state index contributed by atoms with van der Waals surface area (Å²) < 4.78 is 21.6. The largest absolute Gasteiger partial charge is 0.493 e. The van der Waals surface area contributed by atoms with Crippen LogP contribution in [0, 0.1) is 0 Å². The van der Waals surface area contributed by atoms with E-state index in [4.69, 9.17) is 18.9 Å². The number of benzene rings is 3. The molecule has 4 rings (SSSR count). The molecule has 0 spiro atoms. The van der Waals surface area contributed by atoms with Crippen LogP contribution < -0.4 is 29.2 Å². The highest BCUT2D eigenvalue weighted by Gasteiger charge is 2.26. The Morgan fingerprint density at radius 3 is 2.30 bits per heavy atom. The quantitative estimate of drug-likeness (QED) is 0.590. The summed E-state index contributed by atoms with van der Waals surface area (Å²) in [6.07, 6.45) is 0. The summed E-state index contributed by atoms with van der Waals surface area (Å²) in [5.41, 5.74) is 2.53. The van der Waals surface area contributed by atoms with Gasteiger partial charge in [0.2, 0.25) is 5.75 Å². The first-order valence-electron chi connectivity index (χ1n) is 10.3. The molecule has 0 bridgehead atoms. The Hall–Kier alpha value is -4.20. The lowest BCUT2D eigenvalue weighted by atomic mass is 10.1. The third-order valence-corrected chi connectivity index (χ3v) is 5.27. The van der Waals surface area contributed by atoms with Crippen molar-refractivity contribution in [1.82, 2.24) is 0 Å². The number of ether oxygens (including phenoxy) is 4. The first kappa shape index (κ1) is 22.0. The molecule has 1 aliphatic rings. The van der Waals surface area contributed by atoms with Crippen molar-refractivity contribution in [2.24, 2.45) is 0 Å². The predicted octanol–water partition coefficient (Wildman–Crippen LogP) is 3.89. The Labute approximate surface area is 191 Å². The van der Waals surface area contributed by atoms with Crippen molar-refractivity contribution in [2.45, 2.75) is 6.54 Å². The minimum absolute atomic E-state index is 0.0654. The first-order chi connectivity index (χ1) is 16.0. The van der Waals surface area contributed by atoms with E-state index in [2.05, 4.69) is 5.32 Å². The van der Waals surface area contributed by atoms with Crippen LogP contribution in [0.2, 0.25) is 0 Å². The molecular weight excluding hydrogens is 424 g/mol. The average Bonchev–Trinajstić information content (AvgIpc) is 2.85. The lowest BCUT2D eigenvalue weighted by Gasteiger charge is -2.29. The van der Waals surface area contributed by atoms with Gasteiger partial charge in [-0.3, -0.25) is 9.59 Å². The highest BCUT2D eigenvalue weighted by Crippen LogP contribution is 2.39. The number of methoxy groups -OCH3 is 3. The number of hydrogen-bond donors (Lipinski definition) is 1. The molecule has 3 aromatic carbocycles. The molecule has 2 amide bonds. The zero-order valence-corrected chi connectivity index (χ0v) is 18.6. The Kier molecular flexibility index (Phi) is 6.35. The summed E-state index contributed by atoms with van der Waals surface area (Å²) in [7, 11) is 4.48. The molecule has 1 heterocycles. The summed E-state index contributed by atoms with van der Waals surface area (Å²) in [4.78, 5) is 27.1. The van der Waals surface area contributed by atoms with E-state index >= 15 is 0 Å². The Morgan fingerprint density at radius 1 is 0.970 bits per heavy atom. The fraction of sp³-hybridized carbons (Fsp3) is 0.200. The molecule has 0 unspecified atom stereocenters. The van der Waals surface area contributed by atoms with Gasteiger partial charge in [-0.15, -0.1) is 0 Å². The van der Waals surface area contributed by atoms with E-state index in [1.54, 1.807) is 35.2 Å². The maximum atomic E-state index is 12.9. The minimum Gasteiger partial charge on any atom is -0.493 e. The van der Waals surface area contributed by atoms with Gasteiger partial charge >= 0.3 is 0 Å². The standard InChI is InChI=1S/C25H24N2O6/c1-30-21-11-17(12-22(31-2)24(21)32-3)25(29)26-18-9-10-19-20(13-18)33-15-23(28)27(19)14-16-7-5-4-6-8-16/h4-13H,14-15H2,1-3H3,(H,26,29). The summed E-state index contributed by atoms with van der Waals surface area (Å²) >= 11 is 0. The Morgan fingerprint density at radius 2 is 1.67 bits per heavy atom. The Balaban J connectivity index is 1.57. The van der Waals surface area contributed by atoms with E-state index in [0.29, 0.717) is 46.5 Å². The molecule has 0 radical (unpaired) electrons. The normalized spacial score (nSPS) is 12.5. The van der Waals surface area contributed by atoms with E-state index in [1.165, 1.54) is 21.3 Å². The minimum atomic E-state index is -0.359. The first-order valence-corrected chi connectivity index (χ1v) is 10.3. The van der Waals surface area contributed by atoms with Gasteiger partial charge in [0.25, 0.3) is 11.8 Å². The second-order valence-electron chi connectivity index (χ2n) is 7.30. The van der Waals surface area contributed by atoms with Crippen LogP contribution in [0.3, 0.4) is 0 Å². The number of fused-ring (bicyclic) bond motifs is 1. The smallest absolute Gasteiger partial charge is 0.265 e. The summed E-state index contributed by atoms with van der Waals surface area (Å²) in [5.74, 6) is 1.20. The van der Waals surface area contributed by atoms with Gasteiger partial charge < -0.3 is 29.2 Å². The van der Waals surface area contributed by atoms with E-state index in [9.17, 15) is 9.59 Å². The highest BCUT2D eigenvalue weighted by molar-refractivity contribution is 6.06. The average molecular weight is 448 g/mol. The van der Waals surface area contributed by atoms with Crippen molar-refractivity contribution >= 4 is 23.2 Å². The fourth-order valence-corrected chi connectivity index (χ4v) is 3.64. The molecule has 0 saturated heterocycles. The van der Waals surface area contributed by atoms with Gasteiger partial charge in [-0.05, 0) is 29.8 Å². The van der Waals surface area contributed by atoms with Crippen LogP contribution in [0.1, 0.15) is 15.9 Å². The number of carbonyl (C=O) groups is 2. The van der Waals surface area contributed by atoms with Crippen LogP contribution >= 0.6 is 0 Å². The number of rotatable bonds is 7. The predicted molar refractivity (Wildman–Crippen MR) is 124 cm³/mol. The van der Waals surface area contributed by atoms with E-state index in [0.717, 1.165) is 5.56 Å². The number of nitrogens with one attached hydrogen (secondary N) is 1. The molecule has 1 N–H and O–H groups in total. The van der Waals surface area contributed by atoms with Gasteiger partial charge in [-0.1, -0.05) is 30.3 Å². The zero-order valence-electron chi connectivity index (χ0n) is 18.6.